The summed E-state index contributed by atoms with van der Waals surface area (Å²) in [5, 5.41) is 7.37. The van der Waals surface area contributed by atoms with E-state index in [4.69, 9.17) is 4.74 Å². The van der Waals surface area contributed by atoms with Gasteiger partial charge in [0.25, 0.3) is 0 Å². The highest BCUT2D eigenvalue weighted by atomic mass is 32.2. The molecule has 130 valence electrons. The van der Waals surface area contributed by atoms with Gasteiger partial charge < -0.3 is 15.4 Å². The molecule has 2 N–H and O–H groups in total. The van der Waals surface area contributed by atoms with Crippen LogP contribution in [0.25, 0.3) is 0 Å². The molecule has 25 heavy (non-hydrogen) atoms. The van der Waals surface area contributed by atoms with Crippen LogP contribution in [0.5, 0.6) is 0 Å². The molecule has 0 unspecified atom stereocenters. The van der Waals surface area contributed by atoms with E-state index < -0.39 is 5.97 Å². The highest BCUT2D eigenvalue weighted by Gasteiger charge is 2.24. The summed E-state index contributed by atoms with van der Waals surface area (Å²) in [4.78, 5) is 40.0. The monoisotopic (exact) mass is 377 g/mol. The van der Waals surface area contributed by atoms with Gasteiger partial charge in [-0.25, -0.2) is 9.78 Å². The van der Waals surface area contributed by atoms with E-state index in [1.165, 1.54) is 30.0 Å². The first-order valence-corrected chi connectivity index (χ1v) is 9.19. The average molecular weight is 377 g/mol. The van der Waals surface area contributed by atoms with Gasteiger partial charge in [0.1, 0.15) is 6.61 Å². The lowest BCUT2D eigenvalue weighted by atomic mass is 10.2. The first-order valence-electron chi connectivity index (χ1n) is 7.43. The number of nitrogens with one attached hydrogen (secondary N) is 2. The second-order valence-corrected chi connectivity index (χ2v) is 7.60. The van der Waals surface area contributed by atoms with Gasteiger partial charge >= 0.3 is 5.97 Å². The number of anilines is 2. The highest BCUT2D eigenvalue weighted by Crippen LogP contribution is 2.36. The smallest absolute Gasteiger partial charge is 0.338 e. The fourth-order valence-electron chi connectivity index (χ4n) is 2.14. The van der Waals surface area contributed by atoms with Crippen LogP contribution in [0, 0.1) is 0 Å². The van der Waals surface area contributed by atoms with E-state index >= 15 is 0 Å². The molecule has 0 radical (unpaired) electrons. The molecule has 1 aliphatic heterocycles. The minimum Gasteiger partial charge on any atom is -0.456 e. The lowest BCUT2D eigenvalue weighted by molar-refractivity contribution is -0.115. The van der Waals surface area contributed by atoms with E-state index in [-0.39, 0.29) is 23.7 Å². The Kier molecular flexibility index (Phi) is 5.05. The first kappa shape index (κ1) is 17.4. The maximum Gasteiger partial charge on any atom is 0.338 e. The third kappa shape index (κ3) is 4.18. The molecule has 2 aromatic rings. The maximum absolute atomic E-state index is 12.2. The van der Waals surface area contributed by atoms with E-state index in [0.717, 1.165) is 4.90 Å². The third-order valence-electron chi connectivity index (χ3n) is 3.33. The van der Waals surface area contributed by atoms with Crippen molar-refractivity contribution >= 4 is 51.7 Å². The van der Waals surface area contributed by atoms with Gasteiger partial charge in [-0.3, -0.25) is 9.59 Å². The van der Waals surface area contributed by atoms with Crippen LogP contribution in [-0.4, -0.2) is 28.0 Å². The average Bonchev–Trinajstić information content (AvgIpc) is 3.00. The summed E-state index contributed by atoms with van der Waals surface area (Å²) in [5.74, 6) is -0.799. The number of rotatable bonds is 4. The van der Waals surface area contributed by atoms with Crippen molar-refractivity contribution in [3.8, 4) is 0 Å². The summed E-state index contributed by atoms with van der Waals surface area (Å²) >= 11 is 2.71. The Bertz CT molecular complexity index is 850. The van der Waals surface area contributed by atoms with Gasteiger partial charge in [0.2, 0.25) is 11.8 Å². The van der Waals surface area contributed by atoms with Crippen LogP contribution in [0.15, 0.2) is 28.5 Å². The van der Waals surface area contributed by atoms with Gasteiger partial charge in [-0.05, 0) is 25.1 Å². The summed E-state index contributed by atoms with van der Waals surface area (Å²) in [7, 11) is 0. The van der Waals surface area contributed by atoms with Gasteiger partial charge in [-0.2, -0.15) is 0 Å². The van der Waals surface area contributed by atoms with Gasteiger partial charge in [0, 0.05) is 17.2 Å². The van der Waals surface area contributed by atoms with Crippen molar-refractivity contribution in [3.05, 3.63) is 34.8 Å². The highest BCUT2D eigenvalue weighted by molar-refractivity contribution is 8.00. The van der Waals surface area contributed by atoms with Crippen LogP contribution in [-0.2, 0) is 20.9 Å². The number of aromatic nitrogens is 1. The predicted molar refractivity (Wildman–Crippen MR) is 95.9 cm³/mol. The van der Waals surface area contributed by atoms with Gasteiger partial charge in [0.05, 0.1) is 22.2 Å². The Labute approximate surface area is 152 Å². The quantitative estimate of drug-likeness (QED) is 0.795. The molecule has 9 heteroatoms. The maximum atomic E-state index is 12.2. The minimum absolute atomic E-state index is 0.00411. The molecule has 0 bridgehead atoms. The van der Waals surface area contributed by atoms with E-state index in [1.54, 1.807) is 23.6 Å². The van der Waals surface area contributed by atoms with Gasteiger partial charge in [0.15, 0.2) is 5.13 Å². The molecule has 0 spiro atoms. The minimum atomic E-state index is -0.505. The zero-order valence-electron chi connectivity index (χ0n) is 13.5. The molecule has 2 heterocycles. The lowest BCUT2D eigenvalue weighted by Gasteiger charge is -2.21. The van der Waals surface area contributed by atoms with Gasteiger partial charge in [-0.1, -0.05) is 0 Å². The Morgan fingerprint density at radius 2 is 2.20 bits per heavy atom. The second-order valence-electron chi connectivity index (χ2n) is 5.36. The van der Waals surface area contributed by atoms with Crippen molar-refractivity contribution in [3.63, 3.8) is 0 Å². The van der Waals surface area contributed by atoms with Crippen LogP contribution in [0.3, 0.4) is 0 Å². The largest absolute Gasteiger partial charge is 0.456 e. The van der Waals surface area contributed by atoms with Crippen LogP contribution in [0.4, 0.5) is 10.8 Å². The number of amides is 2. The third-order valence-corrected chi connectivity index (χ3v) is 5.32. The molecule has 3 rings (SSSR count). The SMILES string of the molecule is CC(=O)Nc1nc(COC(=O)c2ccc3c(c2)NC(=O)[C@@H](C)S3)cs1. The molecule has 1 aromatic carbocycles. The fraction of sp³-hybridized carbons (Fsp3) is 0.250. The molecule has 0 saturated heterocycles. The van der Waals surface area contributed by atoms with Crippen molar-refractivity contribution in [2.75, 3.05) is 10.6 Å². The Hall–Kier alpha value is -2.39. The van der Waals surface area contributed by atoms with Crippen LogP contribution < -0.4 is 10.6 Å². The normalized spacial score (nSPS) is 15.9. The molecule has 0 saturated carbocycles. The Morgan fingerprint density at radius 1 is 1.40 bits per heavy atom. The number of hydrogen-bond donors (Lipinski definition) is 2. The number of carbonyl (C=O) groups is 3. The van der Waals surface area contributed by atoms with E-state index in [9.17, 15) is 14.4 Å². The number of fused-ring (bicyclic) bond motifs is 1. The number of esters is 1. The van der Waals surface area contributed by atoms with Gasteiger partial charge in [-0.15, -0.1) is 23.1 Å². The molecular formula is C16H15N3O4S2. The number of carbonyl (C=O) groups excluding carboxylic acids is 3. The van der Waals surface area contributed by atoms with Crippen LogP contribution in [0.2, 0.25) is 0 Å². The number of thiazole rings is 1. The van der Waals surface area contributed by atoms with Crippen LogP contribution in [0.1, 0.15) is 29.9 Å². The predicted octanol–water partition coefficient (Wildman–Crippen LogP) is 2.89. The van der Waals surface area contributed by atoms with Crippen molar-refractivity contribution in [2.45, 2.75) is 30.6 Å². The zero-order valence-corrected chi connectivity index (χ0v) is 15.1. The standard InChI is InChI=1S/C16H15N3O4S2/c1-8-14(21)19-12-5-10(3-4-13(12)25-8)15(22)23-6-11-7-24-16(18-11)17-9(2)20/h3-5,7-8H,6H2,1-2H3,(H,19,21)(H,17,18,20)/t8-/m1/s1. The molecule has 1 atom stereocenters. The number of thioether (sulfide) groups is 1. The van der Waals surface area contributed by atoms with Crippen molar-refractivity contribution in [1.29, 1.82) is 0 Å². The number of ether oxygens (including phenoxy) is 1. The zero-order chi connectivity index (χ0) is 18.0. The number of nitrogens with zero attached hydrogens (tertiary/aromatic N) is 1. The summed E-state index contributed by atoms with van der Waals surface area (Å²) in [6, 6.07) is 5.07. The summed E-state index contributed by atoms with van der Waals surface area (Å²) < 4.78 is 5.24. The van der Waals surface area contributed by atoms with Crippen LogP contribution >= 0.6 is 23.1 Å². The number of hydrogen-bond acceptors (Lipinski definition) is 7. The molecule has 0 aliphatic carbocycles. The lowest BCUT2D eigenvalue weighted by Crippen LogP contribution is -2.26. The first-order chi connectivity index (χ1) is 11.9. The summed E-state index contributed by atoms with van der Waals surface area (Å²) in [6.45, 7) is 3.23. The van der Waals surface area contributed by atoms with Crippen molar-refractivity contribution in [2.24, 2.45) is 0 Å². The second kappa shape index (κ2) is 7.24. The summed E-state index contributed by atoms with van der Waals surface area (Å²) in [6.07, 6.45) is 0. The Morgan fingerprint density at radius 3 is 2.96 bits per heavy atom. The number of benzene rings is 1. The molecule has 1 aromatic heterocycles. The van der Waals surface area contributed by atoms with Crippen molar-refractivity contribution < 1.29 is 19.1 Å². The van der Waals surface area contributed by atoms with Crippen molar-refractivity contribution in [1.82, 2.24) is 4.98 Å². The van der Waals surface area contributed by atoms with E-state index in [2.05, 4.69) is 15.6 Å². The molecule has 1 aliphatic rings. The molecule has 2 amide bonds. The van der Waals surface area contributed by atoms with E-state index in [0.29, 0.717) is 22.1 Å². The van der Waals surface area contributed by atoms with E-state index in [1.807, 2.05) is 6.92 Å². The topological polar surface area (TPSA) is 97.4 Å². The molecule has 7 nitrogen and oxygen atoms in total. The molecular weight excluding hydrogens is 362 g/mol. The Balaban J connectivity index is 1.64. The molecule has 0 fully saturated rings. The fourth-order valence-corrected chi connectivity index (χ4v) is 3.81. The summed E-state index contributed by atoms with van der Waals surface area (Å²) in [5.41, 5.74) is 1.52.